The average molecular weight is 314 g/mol. The summed E-state index contributed by atoms with van der Waals surface area (Å²) in [4.78, 5) is 10.3. The molecule has 0 aliphatic heterocycles. The summed E-state index contributed by atoms with van der Waals surface area (Å²) < 4.78 is 0. The Morgan fingerprint density at radius 3 is 1.68 bits per heavy atom. The van der Waals surface area contributed by atoms with Crippen molar-refractivity contribution < 1.29 is 61.2 Å². The van der Waals surface area contributed by atoms with Gasteiger partial charge in [0.25, 0.3) is 0 Å². The summed E-state index contributed by atoms with van der Waals surface area (Å²) in [6.45, 7) is 2.26. The number of carboxylic acids is 1. The van der Waals surface area contributed by atoms with E-state index < -0.39 is 5.97 Å². The molecule has 0 aliphatic rings. The molecule has 0 heterocycles. The summed E-state index contributed by atoms with van der Waals surface area (Å²) in [7, 11) is 0. The van der Waals surface area contributed by atoms with Crippen LogP contribution in [0.1, 0.15) is 99.7 Å². The van der Waals surface area contributed by atoms with Gasteiger partial charge in [-0.25, -0.2) is 0 Å². The number of allylic oxidation sites excluding steroid dienone is 2. The zero-order valence-corrected chi connectivity index (χ0v) is 17.4. The van der Waals surface area contributed by atoms with E-state index in [-0.39, 0.29) is 51.3 Å². The van der Waals surface area contributed by atoms with Gasteiger partial charge in [-0.05, 0) is 32.1 Å². The van der Waals surface area contributed by atoms with Crippen LogP contribution < -0.4 is 48.4 Å². The Kier molecular flexibility index (Phi) is 30.2. The van der Waals surface area contributed by atoms with Crippen LogP contribution in [0.4, 0.5) is 0 Å². The van der Waals surface area contributed by atoms with Crippen LogP contribution in [0.5, 0.6) is 0 Å². The number of hydrogen-bond donors (Lipinski definition) is 1. The number of carbonyl (C=O) groups is 1. The molecule has 0 aromatic rings. The van der Waals surface area contributed by atoms with Crippen molar-refractivity contribution in [3.8, 4) is 0 Å². The zero-order valence-electron chi connectivity index (χ0n) is 17.4. The first-order valence-corrected chi connectivity index (χ1v) is 8.64. The minimum absolute atomic E-state index is 0. The van der Waals surface area contributed by atoms with Crippen LogP contribution in [-0.4, -0.2) is 11.1 Å². The van der Waals surface area contributed by atoms with E-state index in [0.717, 1.165) is 12.8 Å². The fraction of sp³-hybridized carbons (Fsp3) is 0.833. The minimum Gasteiger partial charge on any atom is -1.00 e. The van der Waals surface area contributed by atoms with Gasteiger partial charge in [0.05, 0.1) is 0 Å². The minimum atomic E-state index is -0.664. The second-order valence-corrected chi connectivity index (χ2v) is 5.73. The van der Waals surface area contributed by atoms with Crippen molar-refractivity contribution in [3.63, 3.8) is 0 Å². The van der Waals surface area contributed by atoms with Gasteiger partial charge < -0.3 is 7.96 Å². The predicted octanol–water partition coefficient (Wildman–Crippen LogP) is 0.342. The molecule has 0 aromatic heterocycles. The van der Waals surface area contributed by atoms with E-state index in [1.165, 1.54) is 70.6 Å². The molecule has 0 radical (unpaired) electrons. The third-order valence-electron chi connectivity index (χ3n) is 3.65. The van der Waals surface area contributed by atoms with E-state index in [9.17, 15) is 4.79 Å². The Labute approximate surface area is 175 Å². The first-order chi connectivity index (χ1) is 9.77. The first kappa shape index (κ1) is 27.6. The monoisotopic (exact) mass is 314 g/mol. The van der Waals surface area contributed by atoms with Gasteiger partial charge >= 0.3 is 54.4 Å². The molecule has 0 amide bonds. The van der Waals surface area contributed by atoms with E-state index in [2.05, 4.69) is 19.1 Å². The molecule has 22 heavy (non-hydrogen) atoms. The van der Waals surface area contributed by atoms with Gasteiger partial charge in [0.15, 0.2) is 0 Å². The molecule has 0 aromatic carbocycles. The van der Waals surface area contributed by atoms with E-state index in [1.807, 2.05) is 0 Å². The Morgan fingerprint density at radius 1 is 0.818 bits per heavy atom. The Bertz CT molecular complexity index is 255. The van der Waals surface area contributed by atoms with Crippen molar-refractivity contribution in [1.29, 1.82) is 0 Å². The molecule has 4 heteroatoms. The van der Waals surface area contributed by atoms with Gasteiger partial charge in [0, 0.05) is 6.42 Å². The number of rotatable bonds is 15. The molecule has 1 N–H and O–H groups in total. The van der Waals surface area contributed by atoms with Crippen LogP contribution in [0.2, 0.25) is 0 Å². The quantitative estimate of drug-likeness (QED) is 0.269. The fourth-order valence-corrected chi connectivity index (χ4v) is 2.35. The second-order valence-electron chi connectivity index (χ2n) is 5.73. The molecule has 0 saturated carbocycles. The largest absolute Gasteiger partial charge is 1.00 e. The van der Waals surface area contributed by atoms with Crippen LogP contribution >= 0.6 is 0 Å². The van der Waals surface area contributed by atoms with Crippen LogP contribution in [-0.2, 0) is 4.79 Å². The normalized spacial score (nSPS) is 10.2. The maximum absolute atomic E-state index is 10.3. The molecule has 0 rings (SSSR count). The smallest absolute Gasteiger partial charge is 1.00 e. The third-order valence-corrected chi connectivity index (χ3v) is 3.65. The van der Waals surface area contributed by atoms with Crippen molar-refractivity contribution in [1.82, 2.24) is 0 Å². The van der Waals surface area contributed by atoms with Crippen LogP contribution in [0, 0.1) is 0 Å². The van der Waals surface area contributed by atoms with Crippen molar-refractivity contribution in [2.75, 3.05) is 0 Å². The van der Waals surface area contributed by atoms with Crippen molar-refractivity contribution >= 4 is 5.97 Å². The third kappa shape index (κ3) is 25.7. The second kappa shape index (κ2) is 24.1. The maximum atomic E-state index is 10.3. The Balaban J connectivity index is -0.000000301. The molecule has 122 valence electrons. The van der Waals surface area contributed by atoms with Gasteiger partial charge in [-0.3, -0.25) is 4.79 Å². The zero-order chi connectivity index (χ0) is 14.9. The van der Waals surface area contributed by atoms with Crippen molar-refractivity contribution in [3.05, 3.63) is 12.2 Å². The molecule has 0 saturated heterocycles. The predicted molar refractivity (Wildman–Crippen MR) is 89.3 cm³/mol. The van der Waals surface area contributed by atoms with Crippen LogP contribution in [0.25, 0.3) is 0 Å². The van der Waals surface area contributed by atoms with Gasteiger partial charge in [-0.15, -0.1) is 0 Å². The molecule has 0 unspecified atom stereocenters. The summed E-state index contributed by atoms with van der Waals surface area (Å²) in [5, 5.41) is 8.51. The SMILES string of the molecule is CCCCCCCC/C=C\CCCCCCCC(=O)O.[H-].[H-].[Li+].[Na+]. The first-order valence-electron chi connectivity index (χ1n) is 8.64. The van der Waals surface area contributed by atoms with E-state index in [1.54, 1.807) is 0 Å². The number of carboxylic acid groups (broad SMARTS) is 1. The molecule has 0 bridgehead atoms. The molecule has 0 spiro atoms. The summed E-state index contributed by atoms with van der Waals surface area (Å²) in [5.74, 6) is -0.664. The van der Waals surface area contributed by atoms with Gasteiger partial charge in [0.2, 0.25) is 0 Å². The molecular formula is C18H36LiNaO2. The Hall–Kier alpha value is 0.807. The number of aliphatic carboxylic acids is 1. The standard InChI is InChI=1S/C18H34O2.Li.Na.2H/c1-2-3-4-5-6-7-8-9-10-11-12-13-14-15-16-17-18(19)20;;;;/h9-10H,2-8,11-17H2,1H3,(H,19,20);;;;/q;2*+1;2*-1/b10-9-;;;;. The van der Waals surface area contributed by atoms with E-state index in [0.29, 0.717) is 6.42 Å². The van der Waals surface area contributed by atoms with Gasteiger partial charge in [0.1, 0.15) is 0 Å². The number of hydrogen-bond acceptors (Lipinski definition) is 1. The summed E-state index contributed by atoms with van der Waals surface area (Å²) in [6.07, 6.45) is 21.2. The summed E-state index contributed by atoms with van der Waals surface area (Å²) in [6, 6.07) is 0. The molecule has 0 fully saturated rings. The molecular weight excluding hydrogens is 278 g/mol. The van der Waals surface area contributed by atoms with Crippen molar-refractivity contribution in [2.45, 2.75) is 96.8 Å². The summed E-state index contributed by atoms with van der Waals surface area (Å²) in [5.41, 5.74) is 0. The average Bonchev–Trinajstić information content (AvgIpc) is 2.43. The molecule has 0 atom stereocenters. The topological polar surface area (TPSA) is 37.3 Å². The van der Waals surface area contributed by atoms with Gasteiger partial charge in [-0.1, -0.05) is 70.4 Å². The Morgan fingerprint density at radius 2 is 1.23 bits per heavy atom. The van der Waals surface area contributed by atoms with Gasteiger partial charge in [-0.2, -0.15) is 0 Å². The maximum Gasteiger partial charge on any atom is 1.00 e. The summed E-state index contributed by atoms with van der Waals surface area (Å²) >= 11 is 0. The molecule has 2 nitrogen and oxygen atoms in total. The van der Waals surface area contributed by atoms with Crippen LogP contribution in [0.15, 0.2) is 12.2 Å². The van der Waals surface area contributed by atoms with E-state index in [4.69, 9.17) is 5.11 Å². The molecule has 0 aliphatic carbocycles. The fourth-order valence-electron chi connectivity index (χ4n) is 2.35. The van der Waals surface area contributed by atoms with Crippen LogP contribution in [0.3, 0.4) is 0 Å². The van der Waals surface area contributed by atoms with Crippen molar-refractivity contribution in [2.24, 2.45) is 0 Å². The number of unbranched alkanes of at least 4 members (excludes halogenated alkanes) is 11. The van der Waals surface area contributed by atoms with E-state index >= 15 is 0 Å².